The average molecular weight is 398 g/mol. The fourth-order valence-electron chi connectivity index (χ4n) is 2.94. The first-order valence-electron chi connectivity index (χ1n) is 8.99. The van der Waals surface area contributed by atoms with Crippen LogP contribution >= 0.6 is 12.2 Å². The maximum absolute atomic E-state index is 12.5. The van der Waals surface area contributed by atoms with Crippen LogP contribution in [0.2, 0.25) is 0 Å². The zero-order chi connectivity index (χ0) is 19.2. The molecule has 1 aliphatic carbocycles. The molecule has 0 unspecified atom stereocenters. The van der Waals surface area contributed by atoms with E-state index in [1.54, 1.807) is 12.1 Å². The summed E-state index contributed by atoms with van der Waals surface area (Å²) < 4.78 is 27.7. The highest BCUT2D eigenvalue weighted by molar-refractivity contribution is 7.89. The number of amides is 1. The molecule has 1 amide bonds. The van der Waals surface area contributed by atoms with Gasteiger partial charge in [0.05, 0.1) is 4.90 Å². The normalized spacial score (nSPS) is 15.7. The zero-order valence-corrected chi connectivity index (χ0v) is 16.9. The minimum Gasteiger partial charge on any atom is -0.332 e. The molecule has 0 saturated heterocycles. The lowest BCUT2D eigenvalue weighted by Crippen LogP contribution is -2.36. The summed E-state index contributed by atoms with van der Waals surface area (Å²) in [6, 6.07) is 6.36. The zero-order valence-electron chi connectivity index (χ0n) is 15.2. The summed E-state index contributed by atoms with van der Waals surface area (Å²) in [5, 5.41) is 5.70. The third kappa shape index (κ3) is 6.66. The standard InChI is InChI=1S/C18H27N3O3S2/c1-13(2)12-17(22)20-18(25)19-14-8-10-16(11-9-14)26(23,24)21-15-6-4-3-5-7-15/h8-11,13,15,21H,3-7,12H2,1-2H3,(H2,19,20,22,25). The molecule has 144 valence electrons. The van der Waals surface area contributed by atoms with Crippen LogP contribution in [0.25, 0.3) is 0 Å². The molecule has 1 aliphatic rings. The van der Waals surface area contributed by atoms with E-state index in [9.17, 15) is 13.2 Å². The van der Waals surface area contributed by atoms with E-state index in [1.807, 2.05) is 13.8 Å². The molecule has 3 N–H and O–H groups in total. The van der Waals surface area contributed by atoms with Gasteiger partial charge in [0.25, 0.3) is 0 Å². The molecular weight excluding hydrogens is 370 g/mol. The lowest BCUT2D eigenvalue weighted by Gasteiger charge is -2.22. The molecule has 1 fully saturated rings. The van der Waals surface area contributed by atoms with E-state index in [4.69, 9.17) is 12.2 Å². The molecule has 8 heteroatoms. The van der Waals surface area contributed by atoms with Crippen LogP contribution in [0.3, 0.4) is 0 Å². The topological polar surface area (TPSA) is 87.3 Å². The van der Waals surface area contributed by atoms with Gasteiger partial charge in [0.2, 0.25) is 15.9 Å². The van der Waals surface area contributed by atoms with E-state index in [1.165, 1.54) is 18.6 Å². The first-order valence-corrected chi connectivity index (χ1v) is 10.9. The number of carbonyl (C=O) groups is 1. The van der Waals surface area contributed by atoms with Crippen LogP contribution in [0.5, 0.6) is 0 Å². The maximum Gasteiger partial charge on any atom is 0.240 e. The van der Waals surface area contributed by atoms with E-state index in [2.05, 4.69) is 15.4 Å². The molecule has 0 spiro atoms. The second kappa shape index (κ2) is 9.43. The van der Waals surface area contributed by atoms with Gasteiger partial charge in [-0.3, -0.25) is 4.79 Å². The van der Waals surface area contributed by atoms with Crippen molar-refractivity contribution in [1.82, 2.24) is 10.0 Å². The van der Waals surface area contributed by atoms with E-state index < -0.39 is 10.0 Å². The Morgan fingerprint density at radius 1 is 1.15 bits per heavy atom. The number of carbonyl (C=O) groups excluding carboxylic acids is 1. The Hall–Kier alpha value is -1.51. The SMILES string of the molecule is CC(C)CC(=O)NC(=S)Nc1ccc(S(=O)(=O)NC2CCCCC2)cc1. The smallest absolute Gasteiger partial charge is 0.240 e. The van der Waals surface area contributed by atoms with E-state index in [0.717, 1.165) is 25.7 Å². The highest BCUT2D eigenvalue weighted by atomic mass is 32.2. The van der Waals surface area contributed by atoms with Crippen molar-refractivity contribution in [2.75, 3.05) is 5.32 Å². The number of hydrogen-bond acceptors (Lipinski definition) is 4. The van der Waals surface area contributed by atoms with Crippen molar-refractivity contribution in [1.29, 1.82) is 0 Å². The predicted octanol–water partition coefficient (Wildman–Crippen LogP) is 3.16. The van der Waals surface area contributed by atoms with Crippen LogP contribution in [-0.4, -0.2) is 25.5 Å². The lowest BCUT2D eigenvalue weighted by molar-refractivity contribution is -0.120. The number of thiocarbonyl (C=S) groups is 1. The van der Waals surface area contributed by atoms with Gasteiger partial charge in [-0.05, 0) is 55.2 Å². The fraction of sp³-hybridized carbons (Fsp3) is 0.556. The first-order chi connectivity index (χ1) is 12.3. The lowest BCUT2D eigenvalue weighted by atomic mass is 9.96. The number of hydrogen-bond donors (Lipinski definition) is 3. The van der Waals surface area contributed by atoms with Gasteiger partial charge in [-0.1, -0.05) is 33.1 Å². The van der Waals surface area contributed by atoms with Crippen molar-refractivity contribution in [3.05, 3.63) is 24.3 Å². The van der Waals surface area contributed by atoms with Gasteiger partial charge in [0, 0.05) is 18.2 Å². The minimum atomic E-state index is -3.52. The molecule has 0 heterocycles. The van der Waals surface area contributed by atoms with Crippen molar-refractivity contribution < 1.29 is 13.2 Å². The van der Waals surface area contributed by atoms with Crippen molar-refractivity contribution in [3.8, 4) is 0 Å². The summed E-state index contributed by atoms with van der Waals surface area (Å²) in [4.78, 5) is 11.9. The van der Waals surface area contributed by atoms with Crippen LogP contribution in [-0.2, 0) is 14.8 Å². The van der Waals surface area contributed by atoms with Gasteiger partial charge >= 0.3 is 0 Å². The Balaban J connectivity index is 1.92. The Kier molecular flexibility index (Phi) is 7.55. The molecule has 0 aliphatic heterocycles. The number of benzene rings is 1. The van der Waals surface area contributed by atoms with E-state index in [0.29, 0.717) is 12.1 Å². The second-order valence-corrected chi connectivity index (χ2v) is 9.20. The van der Waals surface area contributed by atoms with Gasteiger partial charge in [0.15, 0.2) is 5.11 Å². The predicted molar refractivity (Wildman–Crippen MR) is 107 cm³/mol. The number of anilines is 1. The average Bonchev–Trinajstić information content (AvgIpc) is 2.54. The van der Waals surface area contributed by atoms with Crippen LogP contribution < -0.4 is 15.4 Å². The van der Waals surface area contributed by atoms with Crippen LogP contribution in [0.4, 0.5) is 5.69 Å². The van der Waals surface area contributed by atoms with Crippen molar-refractivity contribution in [2.24, 2.45) is 5.92 Å². The fourth-order valence-corrected chi connectivity index (χ4v) is 4.47. The number of sulfonamides is 1. The number of rotatable bonds is 6. The molecule has 26 heavy (non-hydrogen) atoms. The van der Waals surface area contributed by atoms with Crippen molar-refractivity contribution in [2.45, 2.75) is 63.3 Å². The second-order valence-electron chi connectivity index (χ2n) is 7.08. The highest BCUT2D eigenvalue weighted by Crippen LogP contribution is 2.20. The minimum absolute atomic E-state index is 0.0234. The van der Waals surface area contributed by atoms with Gasteiger partial charge in [-0.25, -0.2) is 13.1 Å². The van der Waals surface area contributed by atoms with Gasteiger partial charge < -0.3 is 10.6 Å². The third-order valence-corrected chi connectivity index (χ3v) is 5.94. The van der Waals surface area contributed by atoms with E-state index in [-0.39, 0.29) is 27.9 Å². The Morgan fingerprint density at radius 2 is 1.77 bits per heavy atom. The van der Waals surface area contributed by atoms with E-state index >= 15 is 0 Å². The monoisotopic (exact) mass is 397 g/mol. The molecule has 0 bridgehead atoms. The summed E-state index contributed by atoms with van der Waals surface area (Å²) in [6.07, 6.45) is 5.48. The maximum atomic E-state index is 12.5. The molecule has 0 radical (unpaired) electrons. The van der Waals surface area contributed by atoms with Gasteiger partial charge in [0.1, 0.15) is 0 Å². The Labute approximate surface area is 161 Å². The molecule has 0 aromatic heterocycles. The summed E-state index contributed by atoms with van der Waals surface area (Å²) in [6.45, 7) is 3.91. The highest BCUT2D eigenvalue weighted by Gasteiger charge is 2.21. The summed E-state index contributed by atoms with van der Waals surface area (Å²) in [5.74, 6) is 0.104. The van der Waals surface area contributed by atoms with Gasteiger partial charge in [-0.15, -0.1) is 0 Å². The first kappa shape index (κ1) is 20.8. The molecule has 0 atom stereocenters. The van der Waals surface area contributed by atoms with Crippen molar-refractivity contribution in [3.63, 3.8) is 0 Å². The Morgan fingerprint density at radius 3 is 2.35 bits per heavy atom. The Bertz CT molecular complexity index is 725. The number of nitrogens with one attached hydrogen (secondary N) is 3. The quantitative estimate of drug-likeness (QED) is 0.642. The van der Waals surface area contributed by atoms with Crippen LogP contribution in [0.15, 0.2) is 29.2 Å². The molecule has 6 nitrogen and oxygen atoms in total. The molecule has 2 rings (SSSR count). The van der Waals surface area contributed by atoms with Crippen molar-refractivity contribution >= 4 is 38.9 Å². The summed E-state index contributed by atoms with van der Waals surface area (Å²) in [7, 11) is -3.52. The molecule has 1 aromatic rings. The summed E-state index contributed by atoms with van der Waals surface area (Å²) in [5.41, 5.74) is 0.622. The molecule has 1 aromatic carbocycles. The van der Waals surface area contributed by atoms with Crippen LogP contribution in [0, 0.1) is 5.92 Å². The largest absolute Gasteiger partial charge is 0.332 e. The van der Waals surface area contributed by atoms with Gasteiger partial charge in [-0.2, -0.15) is 0 Å². The molecular formula is C18H27N3O3S2. The molecule has 1 saturated carbocycles. The van der Waals surface area contributed by atoms with Crippen LogP contribution in [0.1, 0.15) is 52.4 Å². The third-order valence-electron chi connectivity index (χ3n) is 4.20. The summed E-state index contributed by atoms with van der Waals surface area (Å²) >= 11 is 5.11.